The summed E-state index contributed by atoms with van der Waals surface area (Å²) >= 11 is 4.89. The number of hydrogen-bond donors (Lipinski definition) is 1. The van der Waals surface area contributed by atoms with Crippen molar-refractivity contribution in [2.45, 2.75) is 19.4 Å². The molecule has 0 spiro atoms. The van der Waals surface area contributed by atoms with Gasteiger partial charge in [-0.2, -0.15) is 0 Å². The van der Waals surface area contributed by atoms with E-state index in [1.165, 1.54) is 0 Å². The van der Waals surface area contributed by atoms with E-state index in [1.54, 1.807) is 30.1 Å². The van der Waals surface area contributed by atoms with Crippen LogP contribution in [0.1, 0.15) is 23.7 Å². The number of carbonyl (C=O) groups is 1. The maximum Gasteiger partial charge on any atom is 0.257 e. The van der Waals surface area contributed by atoms with Crippen molar-refractivity contribution >= 4 is 23.1 Å². The highest BCUT2D eigenvalue weighted by molar-refractivity contribution is 7.80. The molecule has 0 aliphatic carbocycles. The number of rotatable bonds is 4. The molecule has 0 fully saturated rings. The molecule has 20 heavy (non-hydrogen) atoms. The summed E-state index contributed by atoms with van der Waals surface area (Å²) in [5, 5.41) is 0. The largest absolute Gasteiger partial charge is 0.486 e. The molecule has 2 rings (SSSR count). The lowest BCUT2D eigenvalue weighted by atomic mass is 10.1. The number of para-hydroxylation sites is 1. The van der Waals surface area contributed by atoms with Gasteiger partial charge in [-0.05, 0) is 19.1 Å². The van der Waals surface area contributed by atoms with Gasteiger partial charge in [0.2, 0.25) is 0 Å². The second kappa shape index (κ2) is 6.09. The lowest BCUT2D eigenvalue weighted by Crippen LogP contribution is -2.37. The van der Waals surface area contributed by atoms with E-state index in [0.717, 1.165) is 0 Å². The summed E-state index contributed by atoms with van der Waals surface area (Å²) in [6, 6.07) is 5.25. The standard InChI is InChI=1S/C14H18N2O3S/c1-9(8-12(15)20)16(2)14(17)10-4-3-5-11-13(10)19-7-6-18-11/h3-5,9H,6-8H2,1-2H3,(H2,15,20). The molecule has 1 aromatic rings. The first-order valence-electron chi connectivity index (χ1n) is 6.44. The van der Waals surface area contributed by atoms with E-state index in [-0.39, 0.29) is 11.9 Å². The van der Waals surface area contributed by atoms with Crippen molar-refractivity contribution in [2.75, 3.05) is 20.3 Å². The number of thiocarbonyl (C=S) groups is 1. The summed E-state index contributed by atoms with van der Waals surface area (Å²) in [4.78, 5) is 14.6. The molecule has 108 valence electrons. The Morgan fingerprint density at radius 2 is 2.15 bits per heavy atom. The molecule has 1 aliphatic heterocycles. The van der Waals surface area contributed by atoms with Gasteiger partial charge in [0.1, 0.15) is 13.2 Å². The minimum Gasteiger partial charge on any atom is -0.486 e. The van der Waals surface area contributed by atoms with Crippen LogP contribution in [0.5, 0.6) is 11.5 Å². The summed E-state index contributed by atoms with van der Waals surface area (Å²) in [7, 11) is 1.73. The fourth-order valence-corrected chi connectivity index (χ4v) is 2.30. The lowest BCUT2D eigenvalue weighted by Gasteiger charge is -2.27. The molecular weight excluding hydrogens is 276 g/mol. The zero-order chi connectivity index (χ0) is 14.7. The predicted molar refractivity (Wildman–Crippen MR) is 80.4 cm³/mol. The molecule has 1 aliphatic rings. The van der Waals surface area contributed by atoms with Crippen LogP contribution in [-0.4, -0.2) is 42.1 Å². The Morgan fingerprint density at radius 3 is 2.85 bits per heavy atom. The van der Waals surface area contributed by atoms with Gasteiger partial charge in [-0.3, -0.25) is 4.79 Å². The highest BCUT2D eigenvalue weighted by atomic mass is 32.1. The van der Waals surface area contributed by atoms with Crippen molar-refractivity contribution in [2.24, 2.45) is 5.73 Å². The maximum atomic E-state index is 12.5. The molecular formula is C14H18N2O3S. The highest BCUT2D eigenvalue weighted by Crippen LogP contribution is 2.34. The van der Waals surface area contributed by atoms with E-state index in [4.69, 9.17) is 27.4 Å². The van der Waals surface area contributed by atoms with Crippen molar-refractivity contribution in [3.63, 3.8) is 0 Å². The molecule has 1 unspecified atom stereocenters. The Labute approximate surface area is 123 Å². The van der Waals surface area contributed by atoms with Crippen LogP contribution in [0.15, 0.2) is 18.2 Å². The summed E-state index contributed by atoms with van der Waals surface area (Å²) in [6.45, 7) is 2.85. The van der Waals surface area contributed by atoms with E-state index in [2.05, 4.69) is 0 Å². The highest BCUT2D eigenvalue weighted by Gasteiger charge is 2.25. The molecule has 1 amide bonds. The smallest absolute Gasteiger partial charge is 0.257 e. The van der Waals surface area contributed by atoms with Crippen LogP contribution in [0.25, 0.3) is 0 Å². The normalized spacial score (nSPS) is 14.5. The molecule has 0 radical (unpaired) electrons. The Hall–Kier alpha value is -1.82. The Kier molecular flexibility index (Phi) is 4.44. The number of nitrogens with two attached hydrogens (primary N) is 1. The number of ether oxygens (including phenoxy) is 2. The monoisotopic (exact) mass is 294 g/mol. The first-order chi connectivity index (χ1) is 9.50. The summed E-state index contributed by atoms with van der Waals surface area (Å²) in [5.74, 6) is 0.992. The Balaban J connectivity index is 2.23. The summed E-state index contributed by atoms with van der Waals surface area (Å²) < 4.78 is 11.0. The topological polar surface area (TPSA) is 64.8 Å². The minimum atomic E-state index is -0.129. The third-order valence-corrected chi connectivity index (χ3v) is 3.44. The van der Waals surface area contributed by atoms with Crippen LogP contribution < -0.4 is 15.2 Å². The van der Waals surface area contributed by atoms with Crippen LogP contribution in [-0.2, 0) is 0 Å². The molecule has 1 heterocycles. The number of carbonyl (C=O) groups excluding carboxylic acids is 1. The first kappa shape index (κ1) is 14.6. The Morgan fingerprint density at radius 1 is 1.45 bits per heavy atom. The number of amides is 1. The van der Waals surface area contributed by atoms with Crippen LogP contribution in [0.2, 0.25) is 0 Å². The average molecular weight is 294 g/mol. The third kappa shape index (κ3) is 3.01. The molecule has 6 heteroatoms. The minimum absolute atomic E-state index is 0.0691. The fraction of sp³-hybridized carbons (Fsp3) is 0.429. The number of benzene rings is 1. The zero-order valence-electron chi connectivity index (χ0n) is 11.6. The van der Waals surface area contributed by atoms with Crippen LogP contribution >= 0.6 is 12.2 Å². The van der Waals surface area contributed by atoms with Gasteiger partial charge >= 0.3 is 0 Å². The van der Waals surface area contributed by atoms with Gasteiger partial charge in [0, 0.05) is 19.5 Å². The van der Waals surface area contributed by atoms with Crippen LogP contribution in [0.4, 0.5) is 0 Å². The van der Waals surface area contributed by atoms with E-state index in [1.807, 2.05) is 6.92 Å². The van der Waals surface area contributed by atoms with Gasteiger partial charge in [0.05, 0.1) is 10.6 Å². The van der Waals surface area contributed by atoms with Crippen molar-refractivity contribution < 1.29 is 14.3 Å². The van der Waals surface area contributed by atoms with Gasteiger partial charge in [-0.1, -0.05) is 18.3 Å². The number of fused-ring (bicyclic) bond motifs is 1. The summed E-state index contributed by atoms with van der Waals surface area (Å²) in [5.41, 5.74) is 6.03. The maximum absolute atomic E-state index is 12.5. The molecule has 1 atom stereocenters. The van der Waals surface area contributed by atoms with Gasteiger partial charge in [0.25, 0.3) is 5.91 Å². The quantitative estimate of drug-likeness (QED) is 0.854. The molecule has 0 saturated carbocycles. The van der Waals surface area contributed by atoms with Gasteiger partial charge in [-0.25, -0.2) is 0 Å². The van der Waals surface area contributed by atoms with E-state index in [9.17, 15) is 4.79 Å². The number of nitrogens with zero attached hydrogens (tertiary/aromatic N) is 1. The molecule has 1 aromatic carbocycles. The Bertz CT molecular complexity index is 533. The third-order valence-electron chi connectivity index (χ3n) is 3.27. The molecule has 0 bridgehead atoms. The van der Waals surface area contributed by atoms with Crippen LogP contribution in [0.3, 0.4) is 0 Å². The molecule has 2 N–H and O–H groups in total. The van der Waals surface area contributed by atoms with Crippen molar-refractivity contribution in [1.82, 2.24) is 4.90 Å². The van der Waals surface area contributed by atoms with E-state index in [0.29, 0.717) is 41.7 Å². The molecule has 0 saturated heterocycles. The zero-order valence-corrected chi connectivity index (χ0v) is 12.4. The van der Waals surface area contributed by atoms with E-state index < -0.39 is 0 Å². The van der Waals surface area contributed by atoms with Crippen molar-refractivity contribution in [1.29, 1.82) is 0 Å². The lowest BCUT2D eigenvalue weighted by molar-refractivity contribution is 0.0737. The summed E-state index contributed by atoms with van der Waals surface area (Å²) in [6.07, 6.45) is 0.490. The van der Waals surface area contributed by atoms with Crippen molar-refractivity contribution in [3.8, 4) is 11.5 Å². The van der Waals surface area contributed by atoms with Gasteiger partial charge in [0.15, 0.2) is 11.5 Å². The van der Waals surface area contributed by atoms with Crippen LogP contribution in [0, 0.1) is 0 Å². The number of hydrogen-bond acceptors (Lipinski definition) is 4. The van der Waals surface area contributed by atoms with E-state index >= 15 is 0 Å². The van der Waals surface area contributed by atoms with Gasteiger partial charge in [-0.15, -0.1) is 0 Å². The second-order valence-corrected chi connectivity index (χ2v) is 5.29. The fourth-order valence-electron chi connectivity index (χ4n) is 2.06. The van der Waals surface area contributed by atoms with Crippen molar-refractivity contribution in [3.05, 3.63) is 23.8 Å². The average Bonchev–Trinajstić information content (AvgIpc) is 2.44. The molecule has 0 aromatic heterocycles. The van der Waals surface area contributed by atoms with Gasteiger partial charge < -0.3 is 20.1 Å². The second-order valence-electron chi connectivity index (χ2n) is 4.77. The SMILES string of the molecule is CC(CC(N)=S)N(C)C(=O)c1cccc2c1OCCO2. The predicted octanol–water partition coefficient (Wildman–Crippen LogP) is 1.59. The molecule has 5 nitrogen and oxygen atoms in total. The first-order valence-corrected chi connectivity index (χ1v) is 6.85.